The molecule has 0 atom stereocenters. The largest absolute Gasteiger partial charge is 0.372 e. The Morgan fingerprint density at radius 3 is 2.68 bits per heavy atom. The van der Waals surface area contributed by atoms with E-state index in [0.717, 1.165) is 34.7 Å². The van der Waals surface area contributed by atoms with Gasteiger partial charge in [-0.25, -0.2) is 9.97 Å². The van der Waals surface area contributed by atoms with Gasteiger partial charge in [0.05, 0.1) is 5.39 Å². The van der Waals surface area contributed by atoms with Crippen molar-refractivity contribution in [2.45, 2.75) is 38.2 Å². The molecule has 0 bridgehead atoms. The smallest absolute Gasteiger partial charge is 0.164 e. The Labute approximate surface area is 117 Å². The van der Waals surface area contributed by atoms with E-state index in [0.29, 0.717) is 0 Å². The highest BCUT2D eigenvalue weighted by Crippen LogP contribution is 2.41. The van der Waals surface area contributed by atoms with Gasteiger partial charge in [0.25, 0.3) is 0 Å². The van der Waals surface area contributed by atoms with Gasteiger partial charge in [0.15, 0.2) is 5.82 Å². The number of aryl methyl sites for hydroxylation is 1. The summed E-state index contributed by atoms with van der Waals surface area (Å²) in [5.41, 5.74) is -0.280. The van der Waals surface area contributed by atoms with E-state index < -0.39 is 0 Å². The first kappa shape index (κ1) is 12.8. The summed E-state index contributed by atoms with van der Waals surface area (Å²) in [6.45, 7) is 2.10. The number of anilines is 1. The number of methoxy groups -OCH3 is 1. The molecule has 0 radical (unpaired) electrons. The predicted molar refractivity (Wildman–Crippen MR) is 78.9 cm³/mol. The number of thiophene rings is 1. The molecule has 1 N–H and O–H groups in total. The van der Waals surface area contributed by atoms with Crippen LogP contribution in [0.2, 0.25) is 0 Å². The monoisotopic (exact) mass is 277 g/mol. The number of fused-ring (bicyclic) bond motifs is 1. The molecule has 1 fully saturated rings. The molecule has 0 aromatic carbocycles. The van der Waals surface area contributed by atoms with E-state index in [9.17, 15) is 0 Å². The summed E-state index contributed by atoms with van der Waals surface area (Å²) in [4.78, 5) is 11.8. The van der Waals surface area contributed by atoms with E-state index in [2.05, 4.69) is 18.3 Å². The van der Waals surface area contributed by atoms with Crippen LogP contribution in [-0.2, 0) is 10.3 Å². The van der Waals surface area contributed by atoms with Gasteiger partial charge >= 0.3 is 0 Å². The average molecular weight is 277 g/mol. The quantitative estimate of drug-likeness (QED) is 0.933. The first-order valence-electron chi connectivity index (χ1n) is 6.70. The second kappa shape index (κ2) is 4.72. The Bertz CT molecular complexity index is 602. The van der Waals surface area contributed by atoms with Crippen LogP contribution in [0, 0.1) is 6.92 Å². The Hall–Kier alpha value is -1.20. The summed E-state index contributed by atoms with van der Waals surface area (Å²) in [6, 6.07) is 2.14. The van der Waals surface area contributed by atoms with Crippen LogP contribution in [0.3, 0.4) is 0 Å². The summed E-state index contributed by atoms with van der Waals surface area (Å²) >= 11 is 1.72. The molecule has 5 heteroatoms. The molecule has 19 heavy (non-hydrogen) atoms. The lowest BCUT2D eigenvalue weighted by atomic mass is 10.0. The normalized spacial score (nSPS) is 18.1. The molecule has 2 aromatic rings. The standard InChI is InChI=1S/C14H19N3OS/c1-9-8-10-11(15-2)16-13(17-12(10)19-9)14(18-3)6-4-5-7-14/h8H,4-7H2,1-3H3,(H,15,16,17). The van der Waals surface area contributed by atoms with Crippen molar-refractivity contribution >= 4 is 27.4 Å². The lowest BCUT2D eigenvalue weighted by Gasteiger charge is -2.26. The van der Waals surface area contributed by atoms with Gasteiger partial charge in [-0.15, -0.1) is 11.3 Å². The van der Waals surface area contributed by atoms with Crippen LogP contribution in [0.15, 0.2) is 6.07 Å². The summed E-state index contributed by atoms with van der Waals surface area (Å²) < 4.78 is 5.79. The molecule has 0 aliphatic heterocycles. The average Bonchev–Trinajstić information content (AvgIpc) is 3.03. The van der Waals surface area contributed by atoms with Crippen LogP contribution in [0.1, 0.15) is 36.4 Å². The lowest BCUT2D eigenvalue weighted by Crippen LogP contribution is -2.27. The van der Waals surface area contributed by atoms with Crippen LogP contribution < -0.4 is 5.32 Å². The minimum Gasteiger partial charge on any atom is -0.372 e. The van der Waals surface area contributed by atoms with Crippen LogP contribution in [0.4, 0.5) is 5.82 Å². The number of hydrogen-bond donors (Lipinski definition) is 1. The lowest BCUT2D eigenvalue weighted by molar-refractivity contribution is -0.0158. The number of nitrogens with one attached hydrogen (secondary N) is 1. The van der Waals surface area contributed by atoms with E-state index in [1.807, 2.05) is 7.05 Å². The predicted octanol–water partition coefficient (Wildman–Crippen LogP) is 3.46. The number of nitrogens with zero attached hydrogens (tertiary/aromatic N) is 2. The SMILES string of the molecule is CNc1nc(C2(OC)CCCC2)nc2sc(C)cc12. The van der Waals surface area contributed by atoms with Crippen LogP contribution in [-0.4, -0.2) is 24.1 Å². The zero-order valence-corrected chi connectivity index (χ0v) is 12.4. The van der Waals surface area contributed by atoms with Crippen LogP contribution >= 0.6 is 11.3 Å². The first-order valence-corrected chi connectivity index (χ1v) is 7.52. The van der Waals surface area contributed by atoms with Crippen molar-refractivity contribution in [3.05, 3.63) is 16.8 Å². The molecule has 1 saturated carbocycles. The zero-order valence-electron chi connectivity index (χ0n) is 11.6. The molecule has 1 aliphatic carbocycles. The summed E-state index contributed by atoms with van der Waals surface area (Å²) in [5.74, 6) is 1.75. The van der Waals surface area contributed by atoms with E-state index >= 15 is 0 Å². The van der Waals surface area contributed by atoms with Crippen molar-refractivity contribution in [1.29, 1.82) is 0 Å². The summed E-state index contributed by atoms with van der Waals surface area (Å²) in [5, 5.41) is 4.30. The number of ether oxygens (including phenoxy) is 1. The molecule has 3 rings (SSSR count). The van der Waals surface area contributed by atoms with E-state index in [4.69, 9.17) is 14.7 Å². The Morgan fingerprint density at radius 2 is 2.05 bits per heavy atom. The highest BCUT2D eigenvalue weighted by molar-refractivity contribution is 7.18. The van der Waals surface area contributed by atoms with Gasteiger partial charge in [0.2, 0.25) is 0 Å². The van der Waals surface area contributed by atoms with Crippen molar-refractivity contribution in [2.24, 2.45) is 0 Å². The number of rotatable bonds is 3. The molecule has 0 saturated heterocycles. The second-order valence-electron chi connectivity index (χ2n) is 5.13. The highest BCUT2D eigenvalue weighted by atomic mass is 32.1. The van der Waals surface area contributed by atoms with Gasteiger partial charge in [-0.1, -0.05) is 0 Å². The third-order valence-electron chi connectivity index (χ3n) is 3.96. The molecule has 1 aliphatic rings. The van der Waals surface area contributed by atoms with Crippen molar-refractivity contribution in [2.75, 3.05) is 19.5 Å². The summed E-state index contributed by atoms with van der Waals surface area (Å²) in [7, 11) is 3.68. The Morgan fingerprint density at radius 1 is 1.32 bits per heavy atom. The van der Waals surface area contributed by atoms with Gasteiger partial charge in [-0.05, 0) is 38.7 Å². The van der Waals surface area contributed by atoms with E-state index in [1.165, 1.54) is 17.7 Å². The third kappa shape index (κ3) is 2.01. The highest BCUT2D eigenvalue weighted by Gasteiger charge is 2.39. The topological polar surface area (TPSA) is 47.0 Å². The molecule has 4 nitrogen and oxygen atoms in total. The third-order valence-corrected chi connectivity index (χ3v) is 4.91. The molecule has 0 spiro atoms. The molecular weight excluding hydrogens is 258 g/mol. The Kier molecular flexibility index (Phi) is 3.19. The molecular formula is C14H19N3OS. The minimum absolute atomic E-state index is 0.280. The minimum atomic E-state index is -0.280. The van der Waals surface area contributed by atoms with Crippen LogP contribution in [0.5, 0.6) is 0 Å². The number of hydrogen-bond acceptors (Lipinski definition) is 5. The van der Waals surface area contributed by atoms with E-state index in [-0.39, 0.29) is 5.60 Å². The van der Waals surface area contributed by atoms with Gasteiger partial charge in [-0.2, -0.15) is 0 Å². The van der Waals surface area contributed by atoms with Crippen LogP contribution in [0.25, 0.3) is 10.2 Å². The molecule has 0 unspecified atom stereocenters. The molecule has 0 amide bonds. The zero-order chi connectivity index (χ0) is 13.5. The van der Waals surface area contributed by atoms with Crippen molar-refractivity contribution in [3.63, 3.8) is 0 Å². The maximum Gasteiger partial charge on any atom is 0.164 e. The molecule has 2 aromatic heterocycles. The fourth-order valence-electron chi connectivity index (χ4n) is 2.90. The molecule has 102 valence electrons. The van der Waals surface area contributed by atoms with E-state index in [1.54, 1.807) is 18.4 Å². The summed E-state index contributed by atoms with van der Waals surface area (Å²) in [6.07, 6.45) is 4.41. The van der Waals surface area contributed by atoms with Gasteiger partial charge < -0.3 is 10.1 Å². The first-order chi connectivity index (χ1) is 9.18. The second-order valence-corrected chi connectivity index (χ2v) is 6.36. The van der Waals surface area contributed by atoms with Crippen molar-refractivity contribution in [1.82, 2.24) is 9.97 Å². The van der Waals surface area contributed by atoms with Gasteiger partial charge in [-0.3, -0.25) is 0 Å². The van der Waals surface area contributed by atoms with Crippen molar-refractivity contribution < 1.29 is 4.74 Å². The van der Waals surface area contributed by atoms with Gasteiger partial charge in [0, 0.05) is 19.0 Å². The Balaban J connectivity index is 2.18. The van der Waals surface area contributed by atoms with Gasteiger partial charge in [0.1, 0.15) is 16.2 Å². The molecule has 2 heterocycles. The fraction of sp³-hybridized carbons (Fsp3) is 0.571. The number of aromatic nitrogens is 2. The van der Waals surface area contributed by atoms with Crippen molar-refractivity contribution in [3.8, 4) is 0 Å². The maximum absolute atomic E-state index is 5.79. The fourth-order valence-corrected chi connectivity index (χ4v) is 3.78. The maximum atomic E-state index is 5.79.